The first kappa shape index (κ1) is 19.7. The van der Waals surface area contributed by atoms with Crippen molar-refractivity contribution < 1.29 is 14.7 Å². The predicted octanol–water partition coefficient (Wildman–Crippen LogP) is 4.09. The van der Waals surface area contributed by atoms with Gasteiger partial charge in [-0.2, -0.15) is 0 Å². The molecule has 0 bridgehead atoms. The highest BCUT2D eigenvalue weighted by molar-refractivity contribution is 6.35. The topological polar surface area (TPSA) is 69.6 Å². The van der Waals surface area contributed by atoms with E-state index in [4.69, 9.17) is 23.2 Å². The number of aliphatic hydroxyl groups excluding tert-OH is 1. The molecule has 1 atom stereocenters. The second-order valence-electron chi connectivity index (χ2n) is 6.63. The van der Waals surface area contributed by atoms with Gasteiger partial charge < -0.3 is 15.3 Å². The molecule has 1 aliphatic heterocycles. The minimum atomic E-state index is -0.333. The smallest absolute Gasteiger partial charge is 0.255 e. The van der Waals surface area contributed by atoms with Crippen LogP contribution in [0.4, 0.5) is 5.69 Å². The zero-order chi connectivity index (χ0) is 19.4. The lowest BCUT2D eigenvalue weighted by atomic mass is 9.98. The maximum atomic E-state index is 12.6. The lowest BCUT2D eigenvalue weighted by molar-refractivity contribution is 0.0620. The van der Waals surface area contributed by atoms with Crippen LogP contribution >= 0.6 is 23.2 Å². The number of amides is 2. The second kappa shape index (κ2) is 8.74. The van der Waals surface area contributed by atoms with E-state index in [9.17, 15) is 14.7 Å². The lowest BCUT2D eigenvalue weighted by Gasteiger charge is -2.31. The zero-order valence-corrected chi connectivity index (χ0v) is 16.1. The van der Waals surface area contributed by atoms with Gasteiger partial charge in [0.2, 0.25) is 0 Å². The average Bonchev–Trinajstić information content (AvgIpc) is 2.67. The molecule has 0 spiro atoms. The molecule has 1 unspecified atom stereocenters. The molecule has 5 nitrogen and oxygen atoms in total. The number of aliphatic hydroxyl groups is 1. The molecule has 2 amide bonds. The molecule has 0 radical (unpaired) electrons. The Kier molecular flexibility index (Phi) is 6.37. The van der Waals surface area contributed by atoms with Crippen molar-refractivity contribution in [2.75, 3.05) is 25.0 Å². The number of hydrogen-bond donors (Lipinski definition) is 2. The van der Waals surface area contributed by atoms with Crippen LogP contribution in [0.2, 0.25) is 10.0 Å². The first-order valence-electron chi connectivity index (χ1n) is 8.74. The summed E-state index contributed by atoms with van der Waals surface area (Å²) in [7, 11) is 0. The van der Waals surface area contributed by atoms with Crippen LogP contribution in [0.1, 0.15) is 33.6 Å². The summed E-state index contributed by atoms with van der Waals surface area (Å²) < 4.78 is 0. The van der Waals surface area contributed by atoms with E-state index in [2.05, 4.69) is 5.32 Å². The molecule has 2 aromatic rings. The normalized spacial score (nSPS) is 16.9. The monoisotopic (exact) mass is 406 g/mol. The van der Waals surface area contributed by atoms with Crippen molar-refractivity contribution in [3.05, 3.63) is 63.6 Å². The Bertz CT molecular complexity index is 819. The summed E-state index contributed by atoms with van der Waals surface area (Å²) in [5, 5.41) is 12.8. The minimum Gasteiger partial charge on any atom is -0.396 e. The molecule has 1 heterocycles. The SMILES string of the molecule is O=C(Nc1ccc(C(=O)N2CCCC(CO)C2)cc1)c1cc(Cl)cc(Cl)c1. The Morgan fingerprint density at radius 2 is 1.74 bits per heavy atom. The fourth-order valence-corrected chi connectivity index (χ4v) is 3.69. The number of carbonyl (C=O) groups is 2. The number of rotatable bonds is 4. The molecule has 1 saturated heterocycles. The Labute approximate surface area is 167 Å². The van der Waals surface area contributed by atoms with Gasteiger partial charge in [0.15, 0.2) is 0 Å². The van der Waals surface area contributed by atoms with Gasteiger partial charge in [-0.15, -0.1) is 0 Å². The first-order chi connectivity index (χ1) is 13.0. The van der Waals surface area contributed by atoms with Crippen LogP contribution in [0.15, 0.2) is 42.5 Å². The van der Waals surface area contributed by atoms with E-state index in [0.29, 0.717) is 39.9 Å². The second-order valence-corrected chi connectivity index (χ2v) is 7.50. The van der Waals surface area contributed by atoms with E-state index in [1.54, 1.807) is 35.2 Å². The van der Waals surface area contributed by atoms with Crippen LogP contribution in [-0.4, -0.2) is 41.5 Å². The molecule has 142 valence electrons. The summed E-state index contributed by atoms with van der Waals surface area (Å²) in [6.07, 6.45) is 1.84. The van der Waals surface area contributed by atoms with E-state index >= 15 is 0 Å². The molecule has 7 heteroatoms. The maximum absolute atomic E-state index is 12.6. The number of nitrogens with one attached hydrogen (secondary N) is 1. The molecule has 0 aromatic heterocycles. The number of nitrogens with zero attached hydrogens (tertiary/aromatic N) is 1. The third-order valence-electron chi connectivity index (χ3n) is 4.58. The first-order valence-corrected chi connectivity index (χ1v) is 9.49. The summed E-state index contributed by atoms with van der Waals surface area (Å²) in [5.41, 5.74) is 1.48. The van der Waals surface area contributed by atoms with Crippen molar-refractivity contribution in [1.29, 1.82) is 0 Å². The fraction of sp³-hybridized carbons (Fsp3) is 0.300. The highest BCUT2D eigenvalue weighted by Crippen LogP contribution is 2.21. The van der Waals surface area contributed by atoms with Gasteiger partial charge >= 0.3 is 0 Å². The highest BCUT2D eigenvalue weighted by atomic mass is 35.5. The predicted molar refractivity (Wildman–Crippen MR) is 107 cm³/mol. The van der Waals surface area contributed by atoms with Gasteiger partial charge in [0.05, 0.1) is 0 Å². The Hall–Kier alpha value is -2.08. The summed E-state index contributed by atoms with van der Waals surface area (Å²) in [6.45, 7) is 1.37. The van der Waals surface area contributed by atoms with Crippen molar-refractivity contribution in [2.24, 2.45) is 5.92 Å². The van der Waals surface area contributed by atoms with Crippen LogP contribution in [0, 0.1) is 5.92 Å². The van der Waals surface area contributed by atoms with Crippen molar-refractivity contribution in [3.8, 4) is 0 Å². The van der Waals surface area contributed by atoms with Gasteiger partial charge in [-0.25, -0.2) is 0 Å². The van der Waals surface area contributed by atoms with Crippen molar-refractivity contribution >= 4 is 40.7 Å². The molecular weight excluding hydrogens is 387 g/mol. The van der Waals surface area contributed by atoms with E-state index in [-0.39, 0.29) is 24.3 Å². The lowest BCUT2D eigenvalue weighted by Crippen LogP contribution is -2.40. The molecule has 1 aliphatic rings. The maximum Gasteiger partial charge on any atom is 0.255 e. The number of piperidine rings is 1. The molecule has 2 aromatic carbocycles. The van der Waals surface area contributed by atoms with Crippen molar-refractivity contribution in [1.82, 2.24) is 4.90 Å². The van der Waals surface area contributed by atoms with Gasteiger partial charge in [0.25, 0.3) is 11.8 Å². The molecule has 27 heavy (non-hydrogen) atoms. The van der Waals surface area contributed by atoms with E-state index in [1.807, 2.05) is 0 Å². The van der Waals surface area contributed by atoms with E-state index in [0.717, 1.165) is 12.8 Å². The van der Waals surface area contributed by atoms with Crippen LogP contribution in [0.25, 0.3) is 0 Å². The number of benzene rings is 2. The van der Waals surface area contributed by atoms with Crippen LogP contribution < -0.4 is 5.32 Å². The quantitative estimate of drug-likeness (QED) is 0.802. The van der Waals surface area contributed by atoms with Crippen LogP contribution in [0.3, 0.4) is 0 Å². The van der Waals surface area contributed by atoms with E-state index < -0.39 is 0 Å². The standard InChI is InChI=1S/C20H20Cl2N2O3/c21-16-8-15(9-17(22)10-16)19(26)23-18-5-3-14(4-6-18)20(27)24-7-1-2-13(11-24)12-25/h3-6,8-10,13,25H,1-2,7,11-12H2,(H,23,26). The Morgan fingerprint density at radius 1 is 1.07 bits per heavy atom. The Balaban J connectivity index is 1.66. The molecule has 2 N–H and O–H groups in total. The average molecular weight is 407 g/mol. The molecular formula is C20H20Cl2N2O3. The third-order valence-corrected chi connectivity index (χ3v) is 5.02. The number of anilines is 1. The summed E-state index contributed by atoms with van der Waals surface area (Å²) in [6, 6.07) is 11.4. The van der Waals surface area contributed by atoms with Crippen LogP contribution in [-0.2, 0) is 0 Å². The van der Waals surface area contributed by atoms with Crippen LogP contribution in [0.5, 0.6) is 0 Å². The summed E-state index contributed by atoms with van der Waals surface area (Å²) in [4.78, 5) is 26.7. The van der Waals surface area contributed by atoms with Gasteiger partial charge in [-0.1, -0.05) is 23.2 Å². The highest BCUT2D eigenvalue weighted by Gasteiger charge is 2.24. The molecule has 3 rings (SSSR count). The number of hydrogen-bond acceptors (Lipinski definition) is 3. The number of carbonyl (C=O) groups excluding carboxylic acids is 2. The number of likely N-dealkylation sites (tertiary alicyclic amines) is 1. The third kappa shape index (κ3) is 5.01. The largest absolute Gasteiger partial charge is 0.396 e. The van der Waals surface area contributed by atoms with Gasteiger partial charge in [-0.3, -0.25) is 9.59 Å². The number of halogens is 2. The molecule has 0 aliphatic carbocycles. The van der Waals surface area contributed by atoms with Crippen molar-refractivity contribution in [2.45, 2.75) is 12.8 Å². The van der Waals surface area contributed by atoms with Gasteiger partial charge in [-0.05, 0) is 61.2 Å². The molecule has 0 saturated carbocycles. The van der Waals surface area contributed by atoms with Gasteiger partial charge in [0.1, 0.15) is 0 Å². The van der Waals surface area contributed by atoms with Gasteiger partial charge in [0, 0.05) is 46.6 Å². The Morgan fingerprint density at radius 3 is 2.37 bits per heavy atom. The molecule has 1 fully saturated rings. The fourth-order valence-electron chi connectivity index (χ4n) is 3.17. The zero-order valence-electron chi connectivity index (χ0n) is 14.6. The summed E-state index contributed by atoms with van der Waals surface area (Å²) >= 11 is 11.9. The minimum absolute atomic E-state index is 0.0624. The van der Waals surface area contributed by atoms with E-state index in [1.165, 1.54) is 12.1 Å². The summed E-state index contributed by atoms with van der Waals surface area (Å²) in [5.74, 6) is -0.251. The van der Waals surface area contributed by atoms with Crippen molar-refractivity contribution in [3.63, 3.8) is 0 Å².